The van der Waals surface area contributed by atoms with E-state index in [2.05, 4.69) is 20.4 Å². The van der Waals surface area contributed by atoms with Gasteiger partial charge in [-0.25, -0.2) is 0 Å². The Hall–Kier alpha value is -2.12. The van der Waals surface area contributed by atoms with E-state index in [9.17, 15) is 9.59 Å². The molecule has 1 aliphatic heterocycles. The van der Waals surface area contributed by atoms with Gasteiger partial charge in [-0.15, -0.1) is 0 Å². The molecule has 1 aromatic carbocycles. The largest absolute Gasteiger partial charge is 0.496 e. The molecule has 2 N–H and O–H groups in total. The molecule has 1 saturated carbocycles. The van der Waals surface area contributed by atoms with Crippen LogP contribution in [0, 0.1) is 0 Å². The average molecular weight is 389 g/mol. The van der Waals surface area contributed by atoms with Gasteiger partial charge in [-0.2, -0.15) is 0 Å². The van der Waals surface area contributed by atoms with Crippen LogP contribution < -0.4 is 15.4 Å². The Bertz CT molecular complexity index is 684. The van der Waals surface area contributed by atoms with Gasteiger partial charge in [0.2, 0.25) is 11.8 Å². The van der Waals surface area contributed by atoms with Gasteiger partial charge >= 0.3 is 0 Å². The van der Waals surface area contributed by atoms with Gasteiger partial charge in [0.1, 0.15) is 5.75 Å². The summed E-state index contributed by atoms with van der Waals surface area (Å²) in [4.78, 5) is 29.2. The smallest absolute Gasteiger partial charge is 0.237 e. The molecule has 0 aromatic heterocycles. The van der Waals surface area contributed by atoms with Crippen molar-refractivity contribution in [3.8, 4) is 5.75 Å². The van der Waals surface area contributed by atoms with E-state index >= 15 is 0 Å². The second-order valence-electron chi connectivity index (χ2n) is 7.74. The van der Waals surface area contributed by atoms with E-state index in [1.54, 1.807) is 7.11 Å². The minimum Gasteiger partial charge on any atom is -0.496 e. The average Bonchev–Trinajstić information content (AvgIpc) is 3.55. The number of para-hydroxylation sites is 1. The van der Waals surface area contributed by atoms with Crippen LogP contribution in [-0.4, -0.2) is 73.0 Å². The third-order valence-electron chi connectivity index (χ3n) is 5.77. The lowest BCUT2D eigenvalue weighted by molar-refractivity contribution is -0.130. The lowest BCUT2D eigenvalue weighted by Crippen LogP contribution is -2.57. The number of nitrogens with one attached hydrogen (secondary N) is 2. The topological polar surface area (TPSA) is 73.9 Å². The van der Waals surface area contributed by atoms with Gasteiger partial charge in [-0.05, 0) is 32.8 Å². The van der Waals surface area contributed by atoms with Crippen LogP contribution in [0.3, 0.4) is 0 Å². The molecule has 0 radical (unpaired) electrons. The zero-order valence-electron chi connectivity index (χ0n) is 17.1. The summed E-state index contributed by atoms with van der Waals surface area (Å²) >= 11 is 0. The maximum atomic E-state index is 12.6. The number of piperazine rings is 1. The number of rotatable bonds is 8. The van der Waals surface area contributed by atoms with E-state index in [4.69, 9.17) is 4.74 Å². The molecule has 0 bridgehead atoms. The second-order valence-corrected chi connectivity index (χ2v) is 7.74. The number of benzene rings is 1. The third-order valence-corrected chi connectivity index (χ3v) is 5.77. The number of methoxy groups -OCH3 is 1. The summed E-state index contributed by atoms with van der Waals surface area (Å²) in [5.41, 5.74) is 0.964. The van der Waals surface area contributed by atoms with E-state index in [0.717, 1.165) is 50.3 Å². The van der Waals surface area contributed by atoms with Crippen molar-refractivity contribution in [2.75, 3.05) is 33.3 Å². The van der Waals surface area contributed by atoms with Gasteiger partial charge in [0, 0.05) is 44.3 Å². The van der Waals surface area contributed by atoms with Crippen LogP contribution in [0.2, 0.25) is 0 Å². The second kappa shape index (κ2) is 9.39. The van der Waals surface area contributed by atoms with Crippen molar-refractivity contribution in [3.05, 3.63) is 29.8 Å². The van der Waals surface area contributed by atoms with Crippen molar-refractivity contribution < 1.29 is 14.3 Å². The molecule has 1 heterocycles. The van der Waals surface area contributed by atoms with E-state index < -0.39 is 0 Å². The van der Waals surface area contributed by atoms with E-state index in [1.807, 2.05) is 38.1 Å². The quantitative estimate of drug-likeness (QED) is 0.695. The highest BCUT2D eigenvalue weighted by molar-refractivity contribution is 5.82. The molecular weight excluding hydrogens is 356 g/mol. The summed E-state index contributed by atoms with van der Waals surface area (Å²) in [6.45, 7) is 7.51. The Balaban J connectivity index is 1.44. The molecule has 1 saturated heterocycles. The fraction of sp³-hybridized carbons (Fsp3) is 0.619. The van der Waals surface area contributed by atoms with E-state index in [1.165, 1.54) is 0 Å². The monoisotopic (exact) mass is 388 g/mol. The first-order valence-electron chi connectivity index (χ1n) is 10.2. The van der Waals surface area contributed by atoms with Crippen LogP contribution in [0.4, 0.5) is 0 Å². The lowest BCUT2D eigenvalue weighted by Gasteiger charge is -2.39. The SMILES string of the molecule is COc1ccccc1CNC(=O)C(C)N1CCN(C(C)C(=O)NC2CC2)CC1. The number of carbonyl (C=O) groups excluding carboxylic acids is 2. The minimum atomic E-state index is -0.201. The molecule has 2 unspecified atom stereocenters. The fourth-order valence-corrected chi connectivity index (χ4v) is 3.57. The molecule has 2 fully saturated rings. The summed E-state index contributed by atoms with van der Waals surface area (Å²) in [7, 11) is 1.63. The van der Waals surface area contributed by atoms with Gasteiger partial charge in [-0.1, -0.05) is 18.2 Å². The van der Waals surface area contributed by atoms with Crippen LogP contribution in [0.5, 0.6) is 5.75 Å². The summed E-state index contributed by atoms with van der Waals surface area (Å²) in [5, 5.41) is 6.09. The molecule has 1 aliphatic carbocycles. The highest BCUT2D eigenvalue weighted by atomic mass is 16.5. The Kier molecular flexibility index (Phi) is 6.91. The number of nitrogens with zero attached hydrogens (tertiary/aromatic N) is 2. The van der Waals surface area contributed by atoms with Crippen molar-refractivity contribution in [3.63, 3.8) is 0 Å². The first kappa shape index (κ1) is 20.6. The van der Waals surface area contributed by atoms with Crippen molar-refractivity contribution in [1.82, 2.24) is 20.4 Å². The van der Waals surface area contributed by atoms with Gasteiger partial charge in [0.05, 0.1) is 19.2 Å². The highest BCUT2D eigenvalue weighted by Gasteiger charge is 2.31. The number of hydrogen-bond acceptors (Lipinski definition) is 5. The molecule has 3 rings (SSSR count). The zero-order valence-corrected chi connectivity index (χ0v) is 17.1. The standard InChI is InChI=1S/C21H32N4O3/c1-15(20(26)22-14-17-6-4-5-7-19(17)28-3)24-10-12-25(13-11-24)16(2)21(27)23-18-8-9-18/h4-7,15-16,18H,8-14H2,1-3H3,(H,22,26)(H,23,27). The Morgan fingerprint density at radius 2 is 1.61 bits per heavy atom. The van der Waals surface area contributed by atoms with Crippen molar-refractivity contribution in [2.45, 2.75) is 51.4 Å². The molecule has 154 valence electrons. The molecule has 28 heavy (non-hydrogen) atoms. The predicted octanol–water partition coefficient (Wildman–Crippen LogP) is 0.985. The van der Waals surface area contributed by atoms with E-state index in [0.29, 0.717) is 12.6 Å². The molecule has 2 aliphatic rings. The molecule has 7 nitrogen and oxygen atoms in total. The fourth-order valence-electron chi connectivity index (χ4n) is 3.57. The van der Waals surface area contributed by atoms with Crippen LogP contribution in [-0.2, 0) is 16.1 Å². The normalized spacial score (nSPS) is 20.2. The molecule has 2 amide bonds. The lowest BCUT2D eigenvalue weighted by atomic mass is 10.1. The number of hydrogen-bond donors (Lipinski definition) is 2. The molecule has 2 atom stereocenters. The van der Waals surface area contributed by atoms with Gasteiger partial charge < -0.3 is 15.4 Å². The summed E-state index contributed by atoms with van der Waals surface area (Å²) in [5.74, 6) is 0.917. The van der Waals surface area contributed by atoms with Gasteiger partial charge in [0.25, 0.3) is 0 Å². The summed E-state index contributed by atoms with van der Waals surface area (Å²) in [6.07, 6.45) is 2.21. The van der Waals surface area contributed by atoms with Gasteiger partial charge in [0.15, 0.2) is 0 Å². The van der Waals surface area contributed by atoms with Crippen LogP contribution in [0.25, 0.3) is 0 Å². The third kappa shape index (κ3) is 5.23. The molecular formula is C21H32N4O3. The number of ether oxygens (including phenoxy) is 1. The first-order valence-corrected chi connectivity index (χ1v) is 10.2. The highest BCUT2D eigenvalue weighted by Crippen LogP contribution is 2.20. The van der Waals surface area contributed by atoms with Crippen LogP contribution in [0.1, 0.15) is 32.3 Å². The van der Waals surface area contributed by atoms with Crippen molar-refractivity contribution >= 4 is 11.8 Å². The maximum Gasteiger partial charge on any atom is 0.237 e. The Morgan fingerprint density at radius 1 is 1.04 bits per heavy atom. The Morgan fingerprint density at radius 3 is 2.18 bits per heavy atom. The summed E-state index contributed by atoms with van der Waals surface area (Å²) < 4.78 is 5.34. The van der Waals surface area contributed by atoms with Crippen molar-refractivity contribution in [2.24, 2.45) is 0 Å². The minimum absolute atomic E-state index is 0.0129. The van der Waals surface area contributed by atoms with Crippen molar-refractivity contribution in [1.29, 1.82) is 0 Å². The summed E-state index contributed by atoms with van der Waals surface area (Å²) in [6, 6.07) is 7.78. The number of amides is 2. The molecule has 1 aromatic rings. The maximum absolute atomic E-state index is 12.6. The predicted molar refractivity (Wildman–Crippen MR) is 108 cm³/mol. The van der Waals surface area contributed by atoms with Crippen LogP contribution >= 0.6 is 0 Å². The molecule has 0 spiro atoms. The van der Waals surface area contributed by atoms with Crippen LogP contribution in [0.15, 0.2) is 24.3 Å². The Labute approximate surface area is 167 Å². The molecule has 7 heteroatoms. The van der Waals surface area contributed by atoms with Gasteiger partial charge in [-0.3, -0.25) is 19.4 Å². The first-order chi connectivity index (χ1) is 13.5. The zero-order chi connectivity index (χ0) is 20.1. The van der Waals surface area contributed by atoms with E-state index in [-0.39, 0.29) is 23.9 Å². The number of carbonyl (C=O) groups is 2.